The molecule has 1 saturated heterocycles. The van der Waals surface area contributed by atoms with Crippen LogP contribution in [0.2, 0.25) is 0 Å². The first-order valence-corrected chi connectivity index (χ1v) is 7.40. The van der Waals surface area contributed by atoms with Crippen molar-refractivity contribution < 1.29 is 9.47 Å². The van der Waals surface area contributed by atoms with E-state index in [1.54, 1.807) is 7.11 Å². The van der Waals surface area contributed by atoms with Crippen LogP contribution in [0.15, 0.2) is 24.3 Å². The summed E-state index contributed by atoms with van der Waals surface area (Å²) in [5.74, 6) is 0.882. The molecule has 1 fully saturated rings. The number of hydrogen-bond donors (Lipinski definition) is 1. The summed E-state index contributed by atoms with van der Waals surface area (Å²) in [7, 11) is 1.69. The molecule has 1 aliphatic heterocycles. The van der Waals surface area contributed by atoms with Crippen molar-refractivity contribution in [2.24, 2.45) is 5.73 Å². The van der Waals surface area contributed by atoms with Crippen LogP contribution < -0.4 is 10.5 Å². The Kier molecular flexibility index (Phi) is 5.40. The zero-order valence-corrected chi connectivity index (χ0v) is 12.7. The van der Waals surface area contributed by atoms with Gasteiger partial charge in [-0.3, -0.25) is 4.90 Å². The Hall–Kier alpha value is -1.10. The molecule has 0 amide bonds. The van der Waals surface area contributed by atoms with E-state index in [9.17, 15) is 0 Å². The second-order valence-electron chi connectivity index (χ2n) is 5.45. The fraction of sp³-hybridized carbons (Fsp3) is 0.625. The predicted molar refractivity (Wildman–Crippen MR) is 81.0 cm³/mol. The molecule has 0 saturated carbocycles. The topological polar surface area (TPSA) is 47.7 Å². The number of nitrogens with two attached hydrogens (primary N) is 1. The van der Waals surface area contributed by atoms with Crippen LogP contribution in [-0.2, 0) is 4.74 Å². The SMILES string of the molecule is CCC(N)C(c1ccc(OC)cc1)N1CCOCC1C. The molecule has 3 atom stereocenters. The lowest BCUT2D eigenvalue weighted by molar-refractivity contribution is -0.0282. The van der Waals surface area contributed by atoms with E-state index in [1.807, 2.05) is 12.1 Å². The van der Waals surface area contributed by atoms with Gasteiger partial charge in [-0.1, -0.05) is 19.1 Å². The van der Waals surface area contributed by atoms with Crippen molar-refractivity contribution in [3.05, 3.63) is 29.8 Å². The van der Waals surface area contributed by atoms with Crippen LogP contribution in [0.1, 0.15) is 31.9 Å². The Labute approximate surface area is 121 Å². The van der Waals surface area contributed by atoms with Crippen molar-refractivity contribution >= 4 is 0 Å². The van der Waals surface area contributed by atoms with E-state index >= 15 is 0 Å². The van der Waals surface area contributed by atoms with Gasteiger partial charge in [-0.15, -0.1) is 0 Å². The van der Waals surface area contributed by atoms with Crippen molar-refractivity contribution in [1.29, 1.82) is 0 Å². The van der Waals surface area contributed by atoms with Gasteiger partial charge < -0.3 is 15.2 Å². The first-order valence-electron chi connectivity index (χ1n) is 7.40. The lowest BCUT2D eigenvalue weighted by Gasteiger charge is -2.42. The molecule has 3 unspecified atom stereocenters. The van der Waals surface area contributed by atoms with E-state index < -0.39 is 0 Å². The maximum atomic E-state index is 6.40. The molecular weight excluding hydrogens is 252 g/mol. The van der Waals surface area contributed by atoms with E-state index in [4.69, 9.17) is 15.2 Å². The largest absolute Gasteiger partial charge is 0.497 e. The average molecular weight is 278 g/mol. The highest BCUT2D eigenvalue weighted by atomic mass is 16.5. The monoisotopic (exact) mass is 278 g/mol. The predicted octanol–water partition coefficient (Wildman–Crippen LogP) is 2.19. The maximum Gasteiger partial charge on any atom is 0.118 e. The summed E-state index contributed by atoms with van der Waals surface area (Å²) in [6, 6.07) is 9.04. The average Bonchev–Trinajstić information content (AvgIpc) is 2.50. The van der Waals surface area contributed by atoms with Crippen LogP contribution in [0, 0.1) is 0 Å². The van der Waals surface area contributed by atoms with Gasteiger partial charge in [-0.25, -0.2) is 0 Å². The molecule has 0 spiro atoms. The fourth-order valence-electron chi connectivity index (χ4n) is 2.86. The van der Waals surface area contributed by atoms with Crippen molar-refractivity contribution in [2.75, 3.05) is 26.9 Å². The summed E-state index contributed by atoms with van der Waals surface area (Å²) in [5.41, 5.74) is 7.66. The highest BCUT2D eigenvalue weighted by molar-refractivity contribution is 5.30. The van der Waals surface area contributed by atoms with Crippen molar-refractivity contribution in [1.82, 2.24) is 4.90 Å². The van der Waals surface area contributed by atoms with Gasteiger partial charge >= 0.3 is 0 Å². The third kappa shape index (κ3) is 3.32. The van der Waals surface area contributed by atoms with Crippen LogP contribution in [0.3, 0.4) is 0 Å². The van der Waals surface area contributed by atoms with Gasteiger partial charge in [0, 0.05) is 18.6 Å². The summed E-state index contributed by atoms with van der Waals surface area (Å²) in [6.45, 7) is 6.85. The van der Waals surface area contributed by atoms with Gasteiger partial charge in [0.05, 0.1) is 26.4 Å². The molecule has 0 aliphatic carbocycles. The minimum Gasteiger partial charge on any atom is -0.497 e. The van der Waals surface area contributed by atoms with Crippen LogP contribution in [0.4, 0.5) is 0 Å². The second-order valence-corrected chi connectivity index (χ2v) is 5.45. The standard InChI is InChI=1S/C16H26N2O2/c1-4-15(17)16(18-9-10-20-11-12(18)2)13-5-7-14(19-3)8-6-13/h5-8,12,15-16H,4,9-11,17H2,1-3H3. The normalized spacial score (nSPS) is 23.3. The summed E-state index contributed by atoms with van der Waals surface area (Å²) in [4.78, 5) is 2.47. The highest BCUT2D eigenvalue weighted by Crippen LogP contribution is 2.29. The highest BCUT2D eigenvalue weighted by Gasteiger charge is 2.31. The first-order chi connectivity index (χ1) is 9.67. The molecule has 1 aliphatic rings. The van der Waals surface area contributed by atoms with Crippen molar-refractivity contribution in [2.45, 2.75) is 38.4 Å². The second kappa shape index (κ2) is 7.07. The number of methoxy groups -OCH3 is 1. The molecule has 2 N–H and O–H groups in total. The third-order valence-corrected chi connectivity index (χ3v) is 4.11. The Morgan fingerprint density at radius 3 is 2.65 bits per heavy atom. The number of morpholine rings is 1. The summed E-state index contributed by atoms with van der Waals surface area (Å²) >= 11 is 0. The van der Waals surface area contributed by atoms with Gasteiger partial charge in [-0.2, -0.15) is 0 Å². The molecule has 1 aromatic rings. The first kappa shape index (κ1) is 15.3. The molecule has 0 aromatic heterocycles. The number of rotatable bonds is 5. The Balaban J connectivity index is 2.25. The molecule has 1 aromatic carbocycles. The van der Waals surface area contributed by atoms with Gasteiger partial charge in [0.2, 0.25) is 0 Å². The summed E-state index contributed by atoms with van der Waals surface area (Å²) in [6.07, 6.45) is 0.959. The van der Waals surface area contributed by atoms with Gasteiger partial charge in [0.1, 0.15) is 5.75 Å². The van der Waals surface area contributed by atoms with Crippen LogP contribution in [-0.4, -0.2) is 43.9 Å². The number of nitrogens with zero attached hydrogens (tertiary/aromatic N) is 1. The van der Waals surface area contributed by atoms with Gasteiger partial charge in [-0.05, 0) is 31.0 Å². The number of ether oxygens (including phenoxy) is 2. The fourth-order valence-corrected chi connectivity index (χ4v) is 2.86. The molecular formula is C16H26N2O2. The Morgan fingerprint density at radius 2 is 2.10 bits per heavy atom. The molecule has 20 heavy (non-hydrogen) atoms. The minimum atomic E-state index is 0.129. The van der Waals surface area contributed by atoms with Crippen LogP contribution in [0.5, 0.6) is 5.75 Å². The molecule has 0 bridgehead atoms. The van der Waals surface area contributed by atoms with Crippen molar-refractivity contribution in [3.63, 3.8) is 0 Å². The molecule has 112 valence electrons. The van der Waals surface area contributed by atoms with Gasteiger partial charge in [0.25, 0.3) is 0 Å². The van der Waals surface area contributed by atoms with E-state index in [0.717, 1.165) is 31.9 Å². The third-order valence-electron chi connectivity index (χ3n) is 4.11. The number of hydrogen-bond acceptors (Lipinski definition) is 4. The smallest absolute Gasteiger partial charge is 0.118 e. The van der Waals surface area contributed by atoms with Gasteiger partial charge in [0.15, 0.2) is 0 Å². The zero-order valence-electron chi connectivity index (χ0n) is 12.7. The lowest BCUT2D eigenvalue weighted by Crippen LogP contribution is -2.50. The van der Waals surface area contributed by atoms with E-state index in [0.29, 0.717) is 6.04 Å². The maximum absolute atomic E-state index is 6.40. The zero-order chi connectivity index (χ0) is 14.5. The Bertz CT molecular complexity index is 407. The lowest BCUT2D eigenvalue weighted by atomic mass is 9.94. The van der Waals surface area contributed by atoms with Crippen LogP contribution >= 0.6 is 0 Å². The molecule has 2 rings (SSSR count). The van der Waals surface area contributed by atoms with Crippen molar-refractivity contribution in [3.8, 4) is 5.75 Å². The van der Waals surface area contributed by atoms with E-state index in [-0.39, 0.29) is 12.1 Å². The van der Waals surface area contributed by atoms with E-state index in [2.05, 4.69) is 30.9 Å². The molecule has 1 heterocycles. The van der Waals surface area contributed by atoms with E-state index in [1.165, 1.54) is 5.56 Å². The molecule has 0 radical (unpaired) electrons. The minimum absolute atomic E-state index is 0.129. The Morgan fingerprint density at radius 1 is 1.40 bits per heavy atom. The molecule has 4 nitrogen and oxygen atoms in total. The number of benzene rings is 1. The quantitative estimate of drug-likeness (QED) is 0.897. The van der Waals surface area contributed by atoms with Crippen LogP contribution in [0.25, 0.3) is 0 Å². The molecule has 4 heteroatoms. The summed E-state index contributed by atoms with van der Waals surface area (Å²) < 4.78 is 10.8. The summed E-state index contributed by atoms with van der Waals surface area (Å²) in [5, 5.41) is 0.